The summed E-state index contributed by atoms with van der Waals surface area (Å²) in [7, 11) is 0. The number of anilines is 1. The van der Waals surface area contributed by atoms with Gasteiger partial charge in [0.25, 0.3) is 0 Å². The van der Waals surface area contributed by atoms with Crippen LogP contribution in [0.4, 0.5) is 5.69 Å². The fraction of sp³-hybridized carbons (Fsp3) is 0.619. The predicted octanol–water partition coefficient (Wildman–Crippen LogP) is 3.70. The van der Waals surface area contributed by atoms with Crippen molar-refractivity contribution in [1.82, 2.24) is 4.90 Å². The smallest absolute Gasteiger partial charge is 0.229 e. The SMILES string of the molecule is CCOc1ccccc1NC(=O)[C@@H]1CC(=O)N([C@H]2CCC[C@H](C)[C@@H]2C)C1. The quantitative estimate of drug-likeness (QED) is 0.873. The summed E-state index contributed by atoms with van der Waals surface area (Å²) < 4.78 is 5.57. The van der Waals surface area contributed by atoms with Crippen molar-refractivity contribution in [2.24, 2.45) is 17.8 Å². The Morgan fingerprint density at radius 3 is 2.81 bits per heavy atom. The van der Waals surface area contributed by atoms with Crippen LogP contribution < -0.4 is 10.1 Å². The first-order valence-corrected chi connectivity index (χ1v) is 9.83. The molecular weight excluding hydrogens is 328 g/mol. The third-order valence-electron chi connectivity index (χ3n) is 6.04. The Bertz CT molecular complexity index is 660. The Morgan fingerprint density at radius 2 is 2.04 bits per heavy atom. The summed E-state index contributed by atoms with van der Waals surface area (Å²) in [5, 5.41) is 2.96. The molecule has 1 N–H and O–H groups in total. The molecule has 2 aliphatic rings. The number of ether oxygens (including phenoxy) is 1. The molecule has 1 aliphatic heterocycles. The van der Waals surface area contributed by atoms with E-state index < -0.39 is 0 Å². The van der Waals surface area contributed by atoms with Gasteiger partial charge in [-0.15, -0.1) is 0 Å². The minimum atomic E-state index is -0.290. The molecule has 26 heavy (non-hydrogen) atoms. The summed E-state index contributed by atoms with van der Waals surface area (Å²) in [6.07, 6.45) is 3.76. The van der Waals surface area contributed by atoms with Crippen molar-refractivity contribution >= 4 is 17.5 Å². The molecule has 5 heteroatoms. The van der Waals surface area contributed by atoms with Crippen LogP contribution >= 0.6 is 0 Å². The molecule has 1 saturated carbocycles. The molecule has 1 heterocycles. The van der Waals surface area contributed by atoms with E-state index in [4.69, 9.17) is 4.74 Å². The van der Waals surface area contributed by atoms with E-state index in [0.717, 1.165) is 6.42 Å². The molecule has 1 aliphatic carbocycles. The highest BCUT2D eigenvalue weighted by molar-refractivity contribution is 5.98. The number of rotatable bonds is 5. The fourth-order valence-electron chi connectivity index (χ4n) is 4.31. The van der Waals surface area contributed by atoms with Crippen molar-refractivity contribution in [1.29, 1.82) is 0 Å². The monoisotopic (exact) mass is 358 g/mol. The maximum Gasteiger partial charge on any atom is 0.229 e. The average Bonchev–Trinajstić information content (AvgIpc) is 3.01. The molecule has 2 fully saturated rings. The zero-order valence-corrected chi connectivity index (χ0v) is 16.0. The van der Waals surface area contributed by atoms with E-state index in [1.165, 1.54) is 12.8 Å². The van der Waals surface area contributed by atoms with Crippen LogP contribution in [0.15, 0.2) is 24.3 Å². The minimum Gasteiger partial charge on any atom is -0.492 e. The van der Waals surface area contributed by atoms with Gasteiger partial charge in [-0.1, -0.05) is 38.8 Å². The van der Waals surface area contributed by atoms with Crippen LogP contribution in [0, 0.1) is 17.8 Å². The average molecular weight is 358 g/mol. The van der Waals surface area contributed by atoms with Crippen LogP contribution in [-0.2, 0) is 9.59 Å². The fourth-order valence-corrected chi connectivity index (χ4v) is 4.31. The van der Waals surface area contributed by atoms with Crippen molar-refractivity contribution in [3.8, 4) is 5.75 Å². The molecule has 0 bridgehead atoms. The van der Waals surface area contributed by atoms with Gasteiger partial charge in [-0.05, 0) is 37.3 Å². The van der Waals surface area contributed by atoms with Crippen LogP contribution in [-0.4, -0.2) is 35.9 Å². The van der Waals surface area contributed by atoms with E-state index in [2.05, 4.69) is 19.2 Å². The number of nitrogens with zero attached hydrogens (tertiary/aromatic N) is 1. The highest BCUT2D eigenvalue weighted by Crippen LogP contribution is 2.36. The van der Waals surface area contributed by atoms with Crippen molar-refractivity contribution in [3.05, 3.63) is 24.3 Å². The summed E-state index contributed by atoms with van der Waals surface area (Å²) in [6.45, 7) is 7.50. The zero-order chi connectivity index (χ0) is 18.7. The second-order valence-corrected chi connectivity index (χ2v) is 7.70. The van der Waals surface area contributed by atoms with Crippen LogP contribution in [0.5, 0.6) is 5.75 Å². The molecular formula is C21H30N2O3. The maximum absolute atomic E-state index is 12.7. The first-order valence-electron chi connectivity index (χ1n) is 9.83. The van der Waals surface area contributed by atoms with Gasteiger partial charge >= 0.3 is 0 Å². The van der Waals surface area contributed by atoms with E-state index >= 15 is 0 Å². The Hall–Kier alpha value is -2.04. The van der Waals surface area contributed by atoms with Crippen LogP contribution in [0.2, 0.25) is 0 Å². The lowest BCUT2D eigenvalue weighted by atomic mass is 9.77. The number of benzene rings is 1. The number of hydrogen-bond donors (Lipinski definition) is 1. The molecule has 1 aromatic carbocycles. The number of hydrogen-bond acceptors (Lipinski definition) is 3. The Labute approximate surface area is 156 Å². The summed E-state index contributed by atoms with van der Waals surface area (Å²) in [6, 6.07) is 7.71. The highest BCUT2D eigenvalue weighted by atomic mass is 16.5. The van der Waals surface area contributed by atoms with Gasteiger partial charge in [0.15, 0.2) is 0 Å². The van der Waals surface area contributed by atoms with Gasteiger partial charge in [0, 0.05) is 19.0 Å². The van der Waals surface area contributed by atoms with Gasteiger partial charge in [0.05, 0.1) is 18.2 Å². The second kappa shape index (κ2) is 8.11. The first kappa shape index (κ1) is 18.7. The van der Waals surface area contributed by atoms with Gasteiger partial charge in [-0.25, -0.2) is 0 Å². The Morgan fingerprint density at radius 1 is 1.27 bits per heavy atom. The van der Waals surface area contributed by atoms with Crippen LogP contribution in [0.1, 0.15) is 46.5 Å². The third-order valence-corrected chi connectivity index (χ3v) is 6.04. The van der Waals surface area contributed by atoms with Gasteiger partial charge < -0.3 is 15.0 Å². The van der Waals surface area contributed by atoms with Gasteiger partial charge in [-0.2, -0.15) is 0 Å². The maximum atomic E-state index is 12.7. The van der Waals surface area contributed by atoms with Gasteiger partial charge in [0.2, 0.25) is 11.8 Å². The lowest BCUT2D eigenvalue weighted by Crippen LogP contribution is -2.45. The Kier molecular flexibility index (Phi) is 5.84. The van der Waals surface area contributed by atoms with E-state index in [9.17, 15) is 9.59 Å². The van der Waals surface area contributed by atoms with Crippen LogP contribution in [0.3, 0.4) is 0 Å². The molecule has 0 unspecified atom stereocenters. The van der Waals surface area contributed by atoms with Crippen molar-refractivity contribution < 1.29 is 14.3 Å². The molecule has 0 spiro atoms. The molecule has 0 radical (unpaired) electrons. The molecule has 142 valence electrons. The number of para-hydroxylation sites is 2. The van der Waals surface area contributed by atoms with E-state index in [-0.39, 0.29) is 23.8 Å². The lowest BCUT2D eigenvalue weighted by Gasteiger charge is -2.40. The van der Waals surface area contributed by atoms with E-state index in [1.54, 1.807) is 0 Å². The zero-order valence-electron chi connectivity index (χ0n) is 16.0. The van der Waals surface area contributed by atoms with Gasteiger partial charge in [-0.3, -0.25) is 9.59 Å². The molecule has 5 nitrogen and oxygen atoms in total. The predicted molar refractivity (Wildman–Crippen MR) is 102 cm³/mol. The second-order valence-electron chi connectivity index (χ2n) is 7.70. The standard InChI is InChI=1S/C21H30N2O3/c1-4-26-19-11-6-5-9-17(19)22-21(25)16-12-20(24)23(13-16)18-10-7-8-14(2)15(18)3/h5-6,9,11,14-16,18H,4,7-8,10,12-13H2,1-3H3,(H,22,25)/t14-,15-,16+,18-/m0/s1. The largest absolute Gasteiger partial charge is 0.492 e. The van der Waals surface area contributed by atoms with E-state index in [1.807, 2.05) is 36.1 Å². The topological polar surface area (TPSA) is 58.6 Å². The third kappa shape index (κ3) is 3.87. The Balaban J connectivity index is 1.66. The number of nitrogens with one attached hydrogen (secondary N) is 1. The van der Waals surface area contributed by atoms with Crippen LogP contribution in [0.25, 0.3) is 0 Å². The summed E-state index contributed by atoms with van der Waals surface area (Å²) in [4.78, 5) is 27.3. The summed E-state index contributed by atoms with van der Waals surface area (Å²) >= 11 is 0. The first-order chi connectivity index (χ1) is 12.5. The number of carbonyl (C=O) groups excluding carboxylic acids is 2. The molecule has 2 amide bonds. The van der Waals surface area contributed by atoms with Crippen molar-refractivity contribution in [2.45, 2.75) is 52.5 Å². The molecule has 1 saturated heterocycles. The molecule has 1 aromatic rings. The molecule has 3 rings (SSSR count). The van der Waals surface area contributed by atoms with Crippen molar-refractivity contribution in [3.63, 3.8) is 0 Å². The highest BCUT2D eigenvalue weighted by Gasteiger charge is 2.41. The molecule has 4 atom stereocenters. The lowest BCUT2D eigenvalue weighted by molar-refractivity contribution is -0.131. The minimum absolute atomic E-state index is 0.0930. The van der Waals surface area contributed by atoms with Crippen molar-refractivity contribution in [2.75, 3.05) is 18.5 Å². The number of amides is 2. The van der Waals surface area contributed by atoms with Gasteiger partial charge in [0.1, 0.15) is 5.75 Å². The summed E-state index contributed by atoms with van der Waals surface area (Å²) in [5.41, 5.74) is 0.671. The number of carbonyl (C=O) groups is 2. The molecule has 0 aromatic heterocycles. The van der Waals surface area contributed by atoms with E-state index in [0.29, 0.717) is 42.8 Å². The normalized spacial score (nSPS) is 28.9. The summed E-state index contributed by atoms with van der Waals surface area (Å²) in [5.74, 6) is 1.53. The number of likely N-dealkylation sites (tertiary alicyclic amines) is 1.